The number of rotatable bonds is 9. The number of benzene rings is 2. The molecule has 0 saturated heterocycles. The molecule has 2 heterocycles. The normalized spacial score (nSPS) is 12.3. The zero-order valence-electron chi connectivity index (χ0n) is 20.6. The van der Waals surface area contributed by atoms with Gasteiger partial charge in [0.1, 0.15) is 18.9 Å². The van der Waals surface area contributed by atoms with Crippen LogP contribution in [0.5, 0.6) is 0 Å². The third kappa shape index (κ3) is 6.60. The van der Waals surface area contributed by atoms with Crippen LogP contribution >= 0.6 is 11.3 Å². The lowest BCUT2D eigenvalue weighted by molar-refractivity contribution is -0.693. The second kappa shape index (κ2) is 11.5. The summed E-state index contributed by atoms with van der Waals surface area (Å²) in [5, 5.41) is 19.3. The fraction of sp³-hybridized carbons (Fsp3) is 0.269. The monoisotopic (exact) mass is 487 g/mol. The molecule has 8 nitrogen and oxygen atoms in total. The zero-order chi connectivity index (χ0) is 24.6. The third-order valence-electron chi connectivity index (χ3n) is 5.72. The molecule has 0 unspecified atom stereocenters. The molecule has 0 amide bonds. The Hall–Kier alpha value is -3.85. The third-order valence-corrected chi connectivity index (χ3v) is 6.75. The van der Waals surface area contributed by atoms with E-state index in [0.717, 1.165) is 47.1 Å². The van der Waals surface area contributed by atoms with E-state index in [9.17, 15) is 0 Å². The van der Waals surface area contributed by atoms with E-state index >= 15 is 0 Å². The van der Waals surface area contributed by atoms with E-state index in [1.165, 1.54) is 5.69 Å². The van der Waals surface area contributed by atoms with Crippen LogP contribution in [0.25, 0.3) is 0 Å². The minimum absolute atomic E-state index is 0.790. The number of thiazole rings is 1. The maximum atomic E-state index is 4.39. The molecule has 0 aliphatic rings. The predicted molar refractivity (Wildman–Crippen MR) is 142 cm³/mol. The number of anilines is 1. The second-order valence-electron chi connectivity index (χ2n) is 8.27. The number of aryl methyl sites for hydroxylation is 2. The molecule has 9 heteroatoms. The summed E-state index contributed by atoms with van der Waals surface area (Å²) in [6.07, 6.45) is 7.99. The molecule has 180 valence electrons. The van der Waals surface area contributed by atoms with Gasteiger partial charge in [0.15, 0.2) is 0 Å². The van der Waals surface area contributed by atoms with Crippen molar-refractivity contribution in [2.24, 2.45) is 34.5 Å². The summed E-state index contributed by atoms with van der Waals surface area (Å²) in [7, 11) is 4.02. The van der Waals surface area contributed by atoms with Crippen LogP contribution in [-0.4, -0.2) is 28.4 Å². The molecule has 0 aliphatic heterocycles. The minimum Gasteiger partial charge on any atom is -0.368 e. The highest BCUT2D eigenvalue weighted by Gasteiger charge is 2.07. The van der Waals surface area contributed by atoms with Gasteiger partial charge in [0.2, 0.25) is 11.1 Å². The molecule has 0 bridgehead atoms. The van der Waals surface area contributed by atoms with E-state index in [-0.39, 0.29) is 0 Å². The lowest BCUT2D eigenvalue weighted by atomic mass is 10.2. The SMILES string of the molecule is CCN(CC[n+]1ccn(C)c1)c1ccc(/N=N/c2ccc(/C=N/N=c3\scc(C)n3C)cc2)cc1. The minimum atomic E-state index is 0.790. The summed E-state index contributed by atoms with van der Waals surface area (Å²) in [5.74, 6) is 0. The van der Waals surface area contributed by atoms with Crippen LogP contribution in [0.15, 0.2) is 93.1 Å². The van der Waals surface area contributed by atoms with Crippen molar-refractivity contribution in [1.29, 1.82) is 0 Å². The van der Waals surface area contributed by atoms with Gasteiger partial charge >= 0.3 is 0 Å². The molecule has 35 heavy (non-hydrogen) atoms. The molecule has 2 aromatic carbocycles. The van der Waals surface area contributed by atoms with E-state index in [1.54, 1.807) is 17.6 Å². The molecular formula is C26H31N8S+. The lowest BCUT2D eigenvalue weighted by Crippen LogP contribution is -2.39. The van der Waals surface area contributed by atoms with Gasteiger partial charge in [0.25, 0.3) is 0 Å². The number of aromatic nitrogens is 3. The smallest absolute Gasteiger partial charge is 0.243 e. The van der Waals surface area contributed by atoms with Gasteiger partial charge in [0, 0.05) is 30.4 Å². The molecule has 0 N–H and O–H groups in total. The number of hydrogen-bond acceptors (Lipinski definition) is 6. The fourth-order valence-electron chi connectivity index (χ4n) is 3.50. The van der Waals surface area contributed by atoms with Crippen LogP contribution in [0.3, 0.4) is 0 Å². The van der Waals surface area contributed by atoms with Crippen molar-refractivity contribution in [1.82, 2.24) is 9.13 Å². The van der Waals surface area contributed by atoms with Gasteiger partial charge in [-0.15, -0.1) is 16.4 Å². The van der Waals surface area contributed by atoms with Gasteiger partial charge in [-0.25, -0.2) is 9.13 Å². The Bertz CT molecular complexity index is 1360. The summed E-state index contributed by atoms with van der Waals surface area (Å²) >= 11 is 1.57. The van der Waals surface area contributed by atoms with E-state index in [0.29, 0.717) is 0 Å². The highest BCUT2D eigenvalue weighted by molar-refractivity contribution is 7.07. The van der Waals surface area contributed by atoms with Gasteiger partial charge in [0.05, 0.1) is 31.2 Å². The van der Waals surface area contributed by atoms with Gasteiger partial charge < -0.3 is 9.47 Å². The molecule has 2 aromatic heterocycles. The summed E-state index contributed by atoms with van der Waals surface area (Å²) in [4.78, 5) is 3.22. The molecular weight excluding hydrogens is 456 g/mol. The van der Waals surface area contributed by atoms with Gasteiger partial charge in [-0.05, 0) is 55.8 Å². The molecule has 0 radical (unpaired) electrons. The van der Waals surface area contributed by atoms with Crippen molar-refractivity contribution < 1.29 is 4.57 Å². The number of likely N-dealkylation sites (N-methyl/N-ethyl adjacent to an activating group) is 1. The van der Waals surface area contributed by atoms with Crippen molar-refractivity contribution >= 4 is 34.6 Å². The van der Waals surface area contributed by atoms with Crippen LogP contribution in [0.1, 0.15) is 18.2 Å². The van der Waals surface area contributed by atoms with Crippen molar-refractivity contribution in [2.45, 2.75) is 20.4 Å². The molecule has 4 aromatic rings. The summed E-state index contributed by atoms with van der Waals surface area (Å²) in [6.45, 7) is 7.06. The topological polar surface area (TPSA) is 66.4 Å². The molecule has 4 rings (SSSR count). The molecule has 0 atom stereocenters. The van der Waals surface area contributed by atoms with Crippen LogP contribution in [-0.2, 0) is 20.6 Å². The first-order valence-electron chi connectivity index (χ1n) is 11.6. The number of azo groups is 1. The number of hydrogen-bond donors (Lipinski definition) is 0. The van der Waals surface area contributed by atoms with Crippen molar-refractivity contribution in [3.05, 3.63) is 88.7 Å². The Morgan fingerprint density at radius 2 is 1.69 bits per heavy atom. The van der Waals surface area contributed by atoms with Crippen molar-refractivity contribution in [3.63, 3.8) is 0 Å². The molecule has 0 spiro atoms. The Labute approximate surface area is 209 Å². The standard InChI is InChI=1S/C26H31N8S/c1-5-34(17-16-33-15-14-31(3)20-33)25-12-10-24(11-13-25)29-28-23-8-6-22(7-9-23)18-27-30-26-32(4)21(2)19-35-26/h6-15,18-20H,5,16-17H2,1-4H3/q+1/b27-18+,29-28+,30-26-. The number of imidazole rings is 1. The summed E-state index contributed by atoms with van der Waals surface area (Å²) in [5.41, 5.74) is 4.92. The largest absolute Gasteiger partial charge is 0.368 e. The van der Waals surface area contributed by atoms with Crippen molar-refractivity contribution in [3.8, 4) is 0 Å². The average molecular weight is 488 g/mol. The maximum absolute atomic E-state index is 4.39. The van der Waals surface area contributed by atoms with Crippen LogP contribution in [0.4, 0.5) is 17.1 Å². The molecule has 0 fully saturated rings. The summed E-state index contributed by atoms with van der Waals surface area (Å²) < 4.78 is 6.27. The quantitative estimate of drug-likeness (QED) is 0.143. The maximum Gasteiger partial charge on any atom is 0.243 e. The zero-order valence-corrected chi connectivity index (χ0v) is 21.4. The first kappa shape index (κ1) is 24.3. The lowest BCUT2D eigenvalue weighted by Gasteiger charge is -2.22. The van der Waals surface area contributed by atoms with E-state index in [1.807, 2.05) is 62.0 Å². The Morgan fingerprint density at radius 3 is 2.26 bits per heavy atom. The first-order valence-corrected chi connectivity index (χ1v) is 12.5. The van der Waals surface area contributed by atoms with E-state index < -0.39 is 0 Å². The molecule has 0 aliphatic carbocycles. The van der Waals surface area contributed by atoms with Crippen LogP contribution in [0, 0.1) is 6.92 Å². The van der Waals surface area contributed by atoms with Gasteiger partial charge in [-0.3, -0.25) is 0 Å². The highest BCUT2D eigenvalue weighted by atomic mass is 32.1. The van der Waals surface area contributed by atoms with Crippen LogP contribution in [0.2, 0.25) is 0 Å². The van der Waals surface area contributed by atoms with Crippen LogP contribution < -0.4 is 14.3 Å². The first-order chi connectivity index (χ1) is 17.0. The van der Waals surface area contributed by atoms with Crippen molar-refractivity contribution in [2.75, 3.05) is 18.0 Å². The van der Waals surface area contributed by atoms with Gasteiger partial charge in [-0.1, -0.05) is 12.1 Å². The molecule has 0 saturated carbocycles. The van der Waals surface area contributed by atoms with Gasteiger partial charge in [-0.2, -0.15) is 15.3 Å². The summed E-state index contributed by atoms with van der Waals surface area (Å²) in [6, 6.07) is 16.0. The Kier molecular flexibility index (Phi) is 7.99. The Balaban J connectivity index is 1.34. The average Bonchev–Trinajstić information content (AvgIpc) is 3.44. The number of nitrogens with zero attached hydrogens (tertiary/aromatic N) is 8. The fourth-order valence-corrected chi connectivity index (χ4v) is 4.33. The highest BCUT2D eigenvalue weighted by Crippen LogP contribution is 2.22. The van der Waals surface area contributed by atoms with E-state index in [4.69, 9.17) is 0 Å². The predicted octanol–water partition coefficient (Wildman–Crippen LogP) is 4.90. The van der Waals surface area contributed by atoms with E-state index in [2.05, 4.69) is 77.6 Å². The Morgan fingerprint density at radius 1 is 1.00 bits per heavy atom. The second-order valence-corrected chi connectivity index (χ2v) is 9.10.